The summed E-state index contributed by atoms with van der Waals surface area (Å²) in [5.74, 6) is 0. The first-order valence-corrected chi connectivity index (χ1v) is 6.41. The van der Waals surface area contributed by atoms with E-state index < -0.39 is 0 Å². The van der Waals surface area contributed by atoms with Crippen molar-refractivity contribution in [2.45, 2.75) is 25.8 Å². The molecule has 0 radical (unpaired) electrons. The Bertz CT molecular complexity index is 308. The summed E-state index contributed by atoms with van der Waals surface area (Å²) in [6, 6.07) is 10.5. The first kappa shape index (κ1) is 13.9. The Morgan fingerprint density at radius 2 is 2.00 bits per heavy atom. The molecule has 0 heterocycles. The summed E-state index contributed by atoms with van der Waals surface area (Å²) in [6.07, 6.45) is 4.13. The van der Waals surface area contributed by atoms with Crippen molar-refractivity contribution >= 4 is 0 Å². The third-order valence-corrected chi connectivity index (χ3v) is 2.91. The van der Waals surface area contributed by atoms with Gasteiger partial charge in [-0.05, 0) is 24.9 Å². The third-order valence-electron chi connectivity index (χ3n) is 2.91. The summed E-state index contributed by atoms with van der Waals surface area (Å²) in [5.41, 5.74) is 7.41. The maximum atomic E-state index is 6.18. The molecule has 2 N–H and O–H groups in total. The average molecular weight is 232 g/mol. The van der Waals surface area contributed by atoms with Gasteiger partial charge in [-0.2, -0.15) is 0 Å². The van der Waals surface area contributed by atoms with Gasteiger partial charge in [-0.1, -0.05) is 43.3 Å². The lowest BCUT2D eigenvalue weighted by Gasteiger charge is -2.22. The van der Waals surface area contributed by atoms with E-state index >= 15 is 0 Å². The summed E-state index contributed by atoms with van der Waals surface area (Å²) in [6.45, 7) is 9.11. The van der Waals surface area contributed by atoms with Crippen LogP contribution in [-0.2, 0) is 0 Å². The van der Waals surface area contributed by atoms with Crippen LogP contribution < -0.4 is 5.73 Å². The Morgan fingerprint density at radius 3 is 2.59 bits per heavy atom. The van der Waals surface area contributed by atoms with E-state index in [1.165, 1.54) is 12.0 Å². The molecule has 0 fully saturated rings. The minimum absolute atomic E-state index is 0.139. The minimum Gasteiger partial charge on any atom is -0.324 e. The maximum absolute atomic E-state index is 6.18. The van der Waals surface area contributed by atoms with Crippen LogP contribution in [0.3, 0.4) is 0 Å². The van der Waals surface area contributed by atoms with Crippen LogP contribution in [0.1, 0.15) is 31.4 Å². The number of benzene rings is 1. The third kappa shape index (κ3) is 5.16. The van der Waals surface area contributed by atoms with E-state index in [4.69, 9.17) is 5.73 Å². The van der Waals surface area contributed by atoms with E-state index in [2.05, 4.69) is 30.5 Å². The molecule has 0 amide bonds. The number of nitrogens with two attached hydrogens (primary N) is 1. The monoisotopic (exact) mass is 232 g/mol. The van der Waals surface area contributed by atoms with Gasteiger partial charge in [-0.3, -0.25) is 4.90 Å². The molecule has 0 spiro atoms. The number of nitrogens with zero attached hydrogens (tertiary/aromatic N) is 1. The van der Waals surface area contributed by atoms with Crippen LogP contribution >= 0.6 is 0 Å². The molecule has 0 aliphatic carbocycles. The van der Waals surface area contributed by atoms with Crippen molar-refractivity contribution in [3.8, 4) is 0 Å². The zero-order valence-corrected chi connectivity index (χ0v) is 10.8. The van der Waals surface area contributed by atoms with Gasteiger partial charge >= 0.3 is 0 Å². The molecule has 0 saturated carbocycles. The smallest absolute Gasteiger partial charge is 0.0307 e. The summed E-state index contributed by atoms with van der Waals surface area (Å²) in [7, 11) is 0. The highest BCUT2D eigenvalue weighted by Crippen LogP contribution is 2.13. The fraction of sp³-hybridized carbons (Fsp3) is 0.467. The van der Waals surface area contributed by atoms with Gasteiger partial charge in [0.2, 0.25) is 0 Å². The molecule has 2 nitrogen and oxygen atoms in total. The molecule has 0 saturated heterocycles. The predicted molar refractivity (Wildman–Crippen MR) is 74.9 cm³/mol. The van der Waals surface area contributed by atoms with Gasteiger partial charge in [0.1, 0.15) is 0 Å². The van der Waals surface area contributed by atoms with Crippen LogP contribution in [0.2, 0.25) is 0 Å². The SMILES string of the molecule is C=CCN(CCC)CCC(N)c1ccccc1. The van der Waals surface area contributed by atoms with E-state index in [9.17, 15) is 0 Å². The van der Waals surface area contributed by atoms with Crippen LogP contribution in [0, 0.1) is 0 Å². The topological polar surface area (TPSA) is 29.3 Å². The average Bonchev–Trinajstić information content (AvgIpc) is 2.37. The molecular formula is C15H24N2. The summed E-state index contributed by atoms with van der Waals surface area (Å²) >= 11 is 0. The first-order valence-electron chi connectivity index (χ1n) is 6.41. The van der Waals surface area contributed by atoms with Crippen molar-refractivity contribution < 1.29 is 0 Å². The Hall–Kier alpha value is -1.12. The van der Waals surface area contributed by atoms with Crippen molar-refractivity contribution in [2.24, 2.45) is 5.73 Å². The van der Waals surface area contributed by atoms with Gasteiger partial charge in [0.05, 0.1) is 0 Å². The molecule has 1 rings (SSSR count). The van der Waals surface area contributed by atoms with Crippen molar-refractivity contribution in [3.63, 3.8) is 0 Å². The van der Waals surface area contributed by atoms with E-state index in [-0.39, 0.29) is 6.04 Å². The van der Waals surface area contributed by atoms with Gasteiger partial charge in [-0.15, -0.1) is 6.58 Å². The van der Waals surface area contributed by atoms with E-state index in [0.29, 0.717) is 0 Å². The molecular weight excluding hydrogens is 208 g/mol. The number of hydrogen-bond acceptors (Lipinski definition) is 2. The van der Waals surface area contributed by atoms with Gasteiger partial charge < -0.3 is 5.73 Å². The molecule has 0 bridgehead atoms. The van der Waals surface area contributed by atoms with Crippen molar-refractivity contribution in [2.75, 3.05) is 19.6 Å². The lowest BCUT2D eigenvalue weighted by Crippen LogP contribution is -2.28. The molecule has 0 aliphatic rings. The Labute approximate surface area is 105 Å². The van der Waals surface area contributed by atoms with Crippen LogP contribution in [-0.4, -0.2) is 24.5 Å². The van der Waals surface area contributed by atoms with E-state index in [1.54, 1.807) is 0 Å². The predicted octanol–water partition coefficient (Wildman–Crippen LogP) is 2.97. The highest BCUT2D eigenvalue weighted by atomic mass is 15.1. The Morgan fingerprint density at radius 1 is 1.29 bits per heavy atom. The fourth-order valence-electron chi connectivity index (χ4n) is 1.98. The van der Waals surface area contributed by atoms with Gasteiger partial charge in [0, 0.05) is 19.1 Å². The van der Waals surface area contributed by atoms with Crippen molar-refractivity contribution in [1.29, 1.82) is 0 Å². The maximum Gasteiger partial charge on any atom is 0.0307 e. The molecule has 0 aliphatic heterocycles. The minimum atomic E-state index is 0.139. The molecule has 1 atom stereocenters. The number of rotatable bonds is 8. The second-order valence-electron chi connectivity index (χ2n) is 4.40. The van der Waals surface area contributed by atoms with Crippen molar-refractivity contribution in [1.82, 2.24) is 4.90 Å². The highest BCUT2D eigenvalue weighted by molar-refractivity contribution is 5.18. The Balaban J connectivity index is 2.40. The molecule has 94 valence electrons. The van der Waals surface area contributed by atoms with Crippen LogP contribution in [0.15, 0.2) is 43.0 Å². The zero-order chi connectivity index (χ0) is 12.5. The second kappa shape index (κ2) is 8.04. The van der Waals surface area contributed by atoms with Crippen molar-refractivity contribution in [3.05, 3.63) is 48.6 Å². The summed E-state index contributed by atoms with van der Waals surface area (Å²) in [5, 5.41) is 0. The summed E-state index contributed by atoms with van der Waals surface area (Å²) < 4.78 is 0. The fourth-order valence-corrected chi connectivity index (χ4v) is 1.98. The molecule has 2 heteroatoms. The molecule has 1 aromatic rings. The Kier molecular flexibility index (Phi) is 6.60. The highest BCUT2D eigenvalue weighted by Gasteiger charge is 2.08. The standard InChI is InChI=1S/C15H24N2/c1-3-11-17(12-4-2)13-10-15(16)14-8-6-5-7-9-14/h3,5-9,15H,1,4,10-13,16H2,2H3. The van der Waals surface area contributed by atoms with E-state index in [1.807, 2.05) is 24.3 Å². The second-order valence-corrected chi connectivity index (χ2v) is 4.40. The first-order chi connectivity index (χ1) is 8.27. The van der Waals surface area contributed by atoms with Gasteiger partial charge in [-0.25, -0.2) is 0 Å². The summed E-state index contributed by atoms with van der Waals surface area (Å²) in [4.78, 5) is 2.40. The van der Waals surface area contributed by atoms with Gasteiger partial charge in [0.15, 0.2) is 0 Å². The van der Waals surface area contributed by atoms with Crippen LogP contribution in [0.5, 0.6) is 0 Å². The molecule has 0 aromatic heterocycles. The largest absolute Gasteiger partial charge is 0.324 e. The van der Waals surface area contributed by atoms with E-state index in [0.717, 1.165) is 26.1 Å². The number of hydrogen-bond donors (Lipinski definition) is 1. The molecule has 1 aromatic carbocycles. The van der Waals surface area contributed by atoms with Gasteiger partial charge in [0.25, 0.3) is 0 Å². The van der Waals surface area contributed by atoms with Crippen LogP contribution in [0.4, 0.5) is 0 Å². The molecule has 1 unspecified atom stereocenters. The quantitative estimate of drug-likeness (QED) is 0.698. The zero-order valence-electron chi connectivity index (χ0n) is 10.8. The normalized spacial score (nSPS) is 12.6. The lowest BCUT2D eigenvalue weighted by molar-refractivity contribution is 0.290. The lowest BCUT2D eigenvalue weighted by atomic mass is 10.0. The molecule has 17 heavy (non-hydrogen) atoms. The van der Waals surface area contributed by atoms with Crippen LogP contribution in [0.25, 0.3) is 0 Å².